The van der Waals surface area contributed by atoms with E-state index < -0.39 is 21.3 Å². The van der Waals surface area contributed by atoms with E-state index in [1.54, 1.807) is 6.92 Å². The molecule has 0 saturated carbocycles. The fraction of sp³-hybridized carbons (Fsp3) is 1.00. The molecule has 0 rings (SSSR count). The molecule has 0 radical (unpaired) electrons. The first-order valence-electron chi connectivity index (χ1n) is 10.2. The molecule has 0 aliphatic rings. The molecule has 15 heteroatoms. The number of hydrogen-bond donors (Lipinski definition) is 1. The van der Waals surface area contributed by atoms with Gasteiger partial charge in [0.05, 0.1) is 39.6 Å². The first-order valence-corrected chi connectivity index (χ1v) is 16.8. The van der Waals surface area contributed by atoms with Crippen LogP contribution in [-0.4, -0.2) is 44.5 Å². The molecule has 0 aliphatic heterocycles. The minimum Gasteiger partial charge on any atom is -0.309 e. The minimum atomic E-state index is -3.74. The third-order valence-corrected chi connectivity index (χ3v) is 10.3. The van der Waals surface area contributed by atoms with E-state index in [-0.39, 0.29) is 26.1 Å². The maximum absolute atomic E-state index is 11.0. The molecule has 0 bridgehead atoms. The fourth-order valence-corrected chi connectivity index (χ4v) is 8.97. The second kappa shape index (κ2) is 22.3. The summed E-state index contributed by atoms with van der Waals surface area (Å²) in [4.78, 5) is 8.98. The molecule has 0 heterocycles. The molecule has 0 amide bonds. The van der Waals surface area contributed by atoms with Crippen molar-refractivity contribution in [3.63, 3.8) is 0 Å². The topological polar surface area (TPSA) is 102 Å². The van der Waals surface area contributed by atoms with Crippen molar-refractivity contribution < 1.29 is 60.4 Å². The van der Waals surface area contributed by atoms with Gasteiger partial charge in [0.25, 0.3) is 0 Å². The second-order valence-corrected chi connectivity index (χ2v) is 13.0. The Morgan fingerprint density at radius 2 is 1.03 bits per heavy atom. The van der Waals surface area contributed by atoms with Gasteiger partial charge in [-0.1, -0.05) is 26.2 Å². The van der Waals surface area contributed by atoms with Gasteiger partial charge >= 0.3 is 21.3 Å². The van der Waals surface area contributed by atoms with Gasteiger partial charge in [-0.2, -0.15) is 0 Å². The zero-order valence-electron chi connectivity index (χ0n) is 19.6. The van der Waals surface area contributed by atoms with Crippen molar-refractivity contribution in [3.8, 4) is 0 Å². The predicted octanol–water partition coefficient (Wildman–Crippen LogP) is 6.32. The number of phosphoric ester groups is 1. The second-order valence-electron chi connectivity index (χ2n) is 5.43. The molecule has 1 unspecified atom stereocenters. The van der Waals surface area contributed by atoms with Crippen molar-refractivity contribution in [2.45, 2.75) is 67.2 Å². The van der Waals surface area contributed by atoms with Gasteiger partial charge < -0.3 is 23.0 Å². The van der Waals surface area contributed by atoms with Gasteiger partial charge in [0.15, 0.2) is 0 Å². The number of hydrogen-bond acceptors (Lipinski definition) is 10. The summed E-state index contributed by atoms with van der Waals surface area (Å²) in [5.74, 6) is 0. The van der Waals surface area contributed by atoms with Gasteiger partial charge in [0.1, 0.15) is 0 Å². The molecule has 9 nitrogen and oxygen atoms in total. The Kier molecular flexibility index (Phi) is 26.9. The van der Waals surface area contributed by atoms with Crippen LogP contribution in [0.3, 0.4) is 0 Å². The van der Waals surface area contributed by atoms with Crippen LogP contribution in [0.2, 0.25) is 0 Å². The van der Waals surface area contributed by atoms with Crippen molar-refractivity contribution in [1.82, 2.24) is 0 Å². The molecular weight excluding hydrogens is 559 g/mol. The maximum Gasteiger partial charge on any atom is 0.472 e. The van der Waals surface area contributed by atoms with E-state index in [1.165, 1.54) is 0 Å². The summed E-state index contributed by atoms with van der Waals surface area (Å²) < 4.78 is 47.1. The average Bonchev–Trinajstić information content (AvgIpc) is 2.62. The van der Waals surface area contributed by atoms with Gasteiger partial charge in [-0.15, -0.1) is 0 Å². The third-order valence-electron chi connectivity index (χ3n) is 2.89. The maximum atomic E-state index is 11.0. The quantitative estimate of drug-likeness (QED) is 0.109. The first-order chi connectivity index (χ1) is 14.1. The van der Waals surface area contributed by atoms with E-state index in [9.17, 15) is 4.57 Å². The van der Waals surface area contributed by atoms with Crippen LogP contribution in [0.25, 0.3) is 0 Å². The Labute approximate surface area is 211 Å². The summed E-state index contributed by atoms with van der Waals surface area (Å²) in [6.45, 7) is 7.35. The van der Waals surface area contributed by atoms with Crippen molar-refractivity contribution >= 4 is 44.9 Å². The zero-order chi connectivity index (χ0) is 23.5. The summed E-state index contributed by atoms with van der Waals surface area (Å²) in [5.41, 5.74) is 0. The van der Waals surface area contributed by atoms with Crippen LogP contribution in [0.15, 0.2) is 0 Å². The van der Waals surface area contributed by atoms with Crippen LogP contribution in [-0.2, 0) is 79.1 Å². The van der Waals surface area contributed by atoms with Crippen molar-refractivity contribution in [2.24, 2.45) is 0 Å². The molecular formula is C16H39O9P3S2Zn. The molecule has 0 fully saturated rings. The molecule has 186 valence electrons. The Balaban J connectivity index is -0.000000507. The number of phosphoric acid groups is 1. The summed E-state index contributed by atoms with van der Waals surface area (Å²) in [6, 6.07) is 0. The van der Waals surface area contributed by atoms with Crippen LogP contribution >= 0.6 is 21.3 Å². The standard InChI is InChI=1S/C8H20O5P2S2.C8H19O4P.Zn/c1-5-9-14(16,10-6-2)13-15(17,11-7-3)12-8-4;1-3-5-6-7-8-12-13(9,10)11-4-2;/h5-8H2,1-4H3;3-8H2,1-2H3,(H,9,10);. The fourth-order valence-electron chi connectivity index (χ4n) is 1.83. The largest absolute Gasteiger partial charge is 0.472 e. The van der Waals surface area contributed by atoms with Crippen LogP contribution in [0, 0.1) is 0 Å². The molecule has 0 spiro atoms. The molecule has 0 aromatic carbocycles. The van der Waals surface area contributed by atoms with Crippen molar-refractivity contribution in [1.29, 1.82) is 0 Å². The van der Waals surface area contributed by atoms with Gasteiger partial charge in [-0.25, -0.2) is 8.88 Å². The van der Waals surface area contributed by atoms with E-state index >= 15 is 0 Å². The molecule has 0 aliphatic carbocycles. The van der Waals surface area contributed by atoms with Crippen LogP contribution < -0.4 is 0 Å². The van der Waals surface area contributed by atoms with E-state index in [4.69, 9.17) is 55.4 Å². The van der Waals surface area contributed by atoms with Crippen molar-refractivity contribution in [3.05, 3.63) is 0 Å². The monoisotopic (exact) mass is 596 g/mol. The van der Waals surface area contributed by atoms with E-state index in [0.29, 0.717) is 33.0 Å². The zero-order valence-corrected chi connectivity index (χ0v) is 26.9. The van der Waals surface area contributed by atoms with Gasteiger partial charge in [0.2, 0.25) is 0 Å². The molecule has 1 atom stereocenters. The SMILES string of the molecule is CCCCCCOP(=O)(O)OCC.CCOP(=S)(OCC)OP(=S)(OCC)OCC.[Zn]. The third kappa shape index (κ3) is 22.1. The van der Waals surface area contributed by atoms with Gasteiger partial charge in [-0.3, -0.25) is 9.05 Å². The number of unbranched alkanes of at least 4 members (excludes halogenated alkanes) is 3. The Morgan fingerprint density at radius 1 is 0.645 bits per heavy atom. The molecule has 31 heavy (non-hydrogen) atoms. The average molecular weight is 598 g/mol. The summed E-state index contributed by atoms with van der Waals surface area (Å²) in [7, 11) is -3.74. The summed E-state index contributed by atoms with van der Waals surface area (Å²) in [5, 5.41) is 0. The molecule has 0 aromatic heterocycles. The van der Waals surface area contributed by atoms with E-state index in [0.717, 1.165) is 25.7 Å². The Hall–Kier alpha value is 1.83. The molecule has 0 aromatic rings. The van der Waals surface area contributed by atoms with E-state index in [1.807, 2.05) is 27.7 Å². The van der Waals surface area contributed by atoms with Gasteiger partial charge in [-0.05, 0) is 64.7 Å². The molecule has 1 N–H and O–H groups in total. The smallest absolute Gasteiger partial charge is 0.309 e. The predicted molar refractivity (Wildman–Crippen MR) is 128 cm³/mol. The van der Waals surface area contributed by atoms with Crippen LogP contribution in [0.4, 0.5) is 0 Å². The van der Waals surface area contributed by atoms with Crippen LogP contribution in [0.5, 0.6) is 0 Å². The first kappa shape index (κ1) is 37.4. The summed E-state index contributed by atoms with van der Waals surface area (Å²) >= 11 is 10.4. The van der Waals surface area contributed by atoms with Crippen LogP contribution in [0.1, 0.15) is 67.2 Å². The minimum absolute atomic E-state index is 0. The molecule has 0 saturated heterocycles. The van der Waals surface area contributed by atoms with Gasteiger partial charge in [0, 0.05) is 19.5 Å². The summed E-state index contributed by atoms with van der Waals surface area (Å²) in [6.07, 6.45) is 4.12. The van der Waals surface area contributed by atoms with E-state index in [2.05, 4.69) is 11.4 Å². The number of rotatable bonds is 18. The Bertz CT molecular complexity index is 510. The Morgan fingerprint density at radius 3 is 1.35 bits per heavy atom. The normalized spacial score (nSPS) is 13.6. The van der Waals surface area contributed by atoms with Crippen molar-refractivity contribution in [2.75, 3.05) is 39.6 Å².